The first-order chi connectivity index (χ1) is 7.84. The van der Waals surface area contributed by atoms with Crippen molar-refractivity contribution < 1.29 is 0 Å². The van der Waals surface area contributed by atoms with Crippen molar-refractivity contribution in [2.24, 2.45) is 11.7 Å². The van der Waals surface area contributed by atoms with Gasteiger partial charge in [-0.3, -0.25) is 5.41 Å². The van der Waals surface area contributed by atoms with Crippen LogP contribution in [-0.2, 0) is 0 Å². The Labute approximate surface area is 108 Å². The van der Waals surface area contributed by atoms with Crippen molar-refractivity contribution in [1.82, 2.24) is 0 Å². The summed E-state index contributed by atoms with van der Waals surface area (Å²) in [6.45, 7) is 6.55. The zero-order valence-electron chi connectivity index (χ0n) is 10.8. The molecule has 94 valence electrons. The van der Waals surface area contributed by atoms with E-state index in [1.165, 1.54) is 0 Å². The van der Waals surface area contributed by atoms with Crippen LogP contribution in [0.15, 0.2) is 18.2 Å². The number of hydrogen-bond acceptors (Lipinski definition) is 2. The molecule has 0 amide bonds. The van der Waals surface area contributed by atoms with E-state index in [1.54, 1.807) is 6.07 Å². The maximum Gasteiger partial charge on any atom is 0.124 e. The minimum atomic E-state index is 0.00103. The van der Waals surface area contributed by atoms with Gasteiger partial charge in [-0.15, -0.1) is 0 Å². The molecule has 17 heavy (non-hydrogen) atoms. The number of halogens is 1. The molecule has 3 nitrogen and oxygen atoms in total. The summed E-state index contributed by atoms with van der Waals surface area (Å²) in [5.41, 5.74) is 7.06. The molecule has 1 unspecified atom stereocenters. The molecule has 0 aliphatic carbocycles. The highest BCUT2D eigenvalue weighted by Gasteiger charge is 2.15. The maximum atomic E-state index is 7.39. The van der Waals surface area contributed by atoms with Crippen LogP contribution in [0.2, 0.25) is 5.02 Å². The lowest BCUT2D eigenvalue weighted by Gasteiger charge is -2.30. The second-order valence-electron chi connectivity index (χ2n) is 4.67. The van der Waals surface area contributed by atoms with Crippen LogP contribution in [0.5, 0.6) is 0 Å². The van der Waals surface area contributed by atoms with Crippen LogP contribution in [0.3, 0.4) is 0 Å². The number of nitrogens with one attached hydrogen (secondary N) is 1. The number of nitrogens with zero attached hydrogens (tertiary/aromatic N) is 1. The van der Waals surface area contributed by atoms with E-state index in [1.807, 2.05) is 19.2 Å². The molecule has 1 aromatic rings. The Morgan fingerprint density at radius 1 is 1.35 bits per heavy atom. The lowest BCUT2D eigenvalue weighted by atomic mass is 10.0. The van der Waals surface area contributed by atoms with Crippen molar-refractivity contribution in [2.75, 3.05) is 11.9 Å². The maximum absolute atomic E-state index is 7.39. The third-order valence-corrected chi connectivity index (χ3v) is 3.54. The van der Waals surface area contributed by atoms with E-state index in [4.69, 9.17) is 22.7 Å². The molecule has 0 aromatic heterocycles. The molecule has 1 atom stereocenters. The first-order valence-corrected chi connectivity index (χ1v) is 6.09. The minimum absolute atomic E-state index is 0.00103. The lowest BCUT2D eigenvalue weighted by Crippen LogP contribution is -2.33. The normalized spacial score (nSPS) is 12.6. The van der Waals surface area contributed by atoms with Crippen molar-refractivity contribution in [3.05, 3.63) is 28.8 Å². The van der Waals surface area contributed by atoms with Gasteiger partial charge in [0.05, 0.1) is 5.02 Å². The lowest BCUT2D eigenvalue weighted by molar-refractivity contribution is 0.505. The van der Waals surface area contributed by atoms with Gasteiger partial charge in [-0.2, -0.15) is 0 Å². The fourth-order valence-corrected chi connectivity index (χ4v) is 1.90. The van der Waals surface area contributed by atoms with Gasteiger partial charge in [-0.05, 0) is 31.0 Å². The Kier molecular flexibility index (Phi) is 4.40. The molecule has 0 aliphatic rings. The topological polar surface area (TPSA) is 53.1 Å². The molecule has 0 radical (unpaired) electrons. The Balaban J connectivity index is 3.01. The summed E-state index contributed by atoms with van der Waals surface area (Å²) < 4.78 is 0. The quantitative estimate of drug-likeness (QED) is 0.640. The van der Waals surface area contributed by atoms with E-state index in [9.17, 15) is 0 Å². The smallest absolute Gasteiger partial charge is 0.124 e. The molecule has 0 fully saturated rings. The highest BCUT2D eigenvalue weighted by atomic mass is 35.5. The van der Waals surface area contributed by atoms with E-state index in [0.717, 1.165) is 5.69 Å². The summed E-state index contributed by atoms with van der Waals surface area (Å²) in [4.78, 5) is 2.18. The van der Waals surface area contributed by atoms with Crippen LogP contribution in [0.1, 0.15) is 26.3 Å². The summed E-state index contributed by atoms with van der Waals surface area (Å²) in [6.07, 6.45) is 0. The predicted octanol–water partition coefficient (Wildman–Crippen LogP) is 3.10. The number of benzene rings is 1. The average Bonchev–Trinajstić information content (AvgIpc) is 2.26. The van der Waals surface area contributed by atoms with Crippen LogP contribution < -0.4 is 10.6 Å². The Hall–Kier alpha value is -1.22. The molecule has 1 rings (SSSR count). The Bertz CT molecular complexity index is 415. The summed E-state index contributed by atoms with van der Waals surface area (Å²) in [7, 11) is 2.05. The highest BCUT2D eigenvalue weighted by molar-refractivity contribution is 6.34. The van der Waals surface area contributed by atoms with Gasteiger partial charge in [0.2, 0.25) is 0 Å². The van der Waals surface area contributed by atoms with Crippen LogP contribution in [0.4, 0.5) is 5.69 Å². The molecule has 1 aromatic carbocycles. The van der Waals surface area contributed by atoms with Crippen LogP contribution in [-0.4, -0.2) is 18.9 Å². The van der Waals surface area contributed by atoms with Crippen LogP contribution in [0, 0.1) is 11.3 Å². The fraction of sp³-hybridized carbons (Fsp3) is 0.462. The zero-order valence-corrected chi connectivity index (χ0v) is 11.5. The number of anilines is 1. The van der Waals surface area contributed by atoms with Gasteiger partial charge >= 0.3 is 0 Å². The third-order valence-electron chi connectivity index (χ3n) is 3.23. The monoisotopic (exact) mass is 253 g/mol. The fourth-order valence-electron chi connectivity index (χ4n) is 1.62. The van der Waals surface area contributed by atoms with Gasteiger partial charge in [-0.25, -0.2) is 0 Å². The number of nitrogen functional groups attached to an aromatic ring is 1. The largest absolute Gasteiger partial charge is 0.384 e. The summed E-state index contributed by atoms with van der Waals surface area (Å²) >= 11 is 6.11. The van der Waals surface area contributed by atoms with Gasteiger partial charge in [0.25, 0.3) is 0 Å². The van der Waals surface area contributed by atoms with E-state index < -0.39 is 0 Å². The van der Waals surface area contributed by atoms with Crippen LogP contribution >= 0.6 is 11.6 Å². The number of rotatable bonds is 4. The van der Waals surface area contributed by atoms with Gasteiger partial charge in [0.15, 0.2) is 0 Å². The number of amidine groups is 1. The second kappa shape index (κ2) is 5.41. The van der Waals surface area contributed by atoms with Gasteiger partial charge in [0.1, 0.15) is 5.84 Å². The molecule has 0 aliphatic heterocycles. The molecular weight excluding hydrogens is 234 g/mol. The van der Waals surface area contributed by atoms with E-state index in [0.29, 0.717) is 22.5 Å². The van der Waals surface area contributed by atoms with Crippen molar-refractivity contribution in [3.8, 4) is 0 Å². The van der Waals surface area contributed by atoms with Gasteiger partial charge < -0.3 is 10.6 Å². The first-order valence-electron chi connectivity index (χ1n) is 5.71. The summed E-state index contributed by atoms with van der Waals surface area (Å²) in [6, 6.07) is 6.02. The molecule has 3 N–H and O–H groups in total. The summed E-state index contributed by atoms with van der Waals surface area (Å²) in [5.74, 6) is 0.562. The van der Waals surface area contributed by atoms with Crippen molar-refractivity contribution >= 4 is 23.1 Å². The first kappa shape index (κ1) is 13.8. The van der Waals surface area contributed by atoms with Crippen molar-refractivity contribution in [3.63, 3.8) is 0 Å². The van der Waals surface area contributed by atoms with Crippen molar-refractivity contribution in [2.45, 2.75) is 26.8 Å². The van der Waals surface area contributed by atoms with Gasteiger partial charge in [-0.1, -0.05) is 25.4 Å². The van der Waals surface area contributed by atoms with Crippen molar-refractivity contribution in [1.29, 1.82) is 5.41 Å². The highest BCUT2D eigenvalue weighted by Crippen LogP contribution is 2.25. The van der Waals surface area contributed by atoms with E-state index in [-0.39, 0.29) is 5.84 Å². The minimum Gasteiger partial charge on any atom is -0.384 e. The molecule has 0 spiro atoms. The Morgan fingerprint density at radius 3 is 2.35 bits per heavy atom. The predicted molar refractivity (Wildman–Crippen MR) is 75.2 cm³/mol. The zero-order chi connectivity index (χ0) is 13.2. The SMILES string of the molecule is CC(C)C(C)N(C)c1ccc(C(=N)N)c(Cl)c1. The molecule has 0 heterocycles. The Morgan fingerprint density at radius 2 is 1.94 bits per heavy atom. The molecule has 4 heteroatoms. The standard InChI is InChI=1S/C13H20ClN3/c1-8(2)9(3)17(4)10-5-6-11(13(15)16)12(14)7-10/h5-9H,1-4H3,(H3,15,16). The molecule has 0 bridgehead atoms. The summed E-state index contributed by atoms with van der Waals surface area (Å²) in [5, 5.41) is 7.91. The van der Waals surface area contributed by atoms with Crippen LogP contribution in [0.25, 0.3) is 0 Å². The third kappa shape index (κ3) is 3.13. The molecule has 0 saturated carbocycles. The number of hydrogen-bond donors (Lipinski definition) is 2. The average molecular weight is 254 g/mol. The number of nitrogens with two attached hydrogens (primary N) is 1. The van der Waals surface area contributed by atoms with E-state index in [2.05, 4.69) is 25.7 Å². The van der Waals surface area contributed by atoms with E-state index >= 15 is 0 Å². The molecular formula is C13H20ClN3. The molecule has 0 saturated heterocycles. The second-order valence-corrected chi connectivity index (χ2v) is 5.08. The van der Waals surface area contributed by atoms with Gasteiger partial charge in [0, 0.05) is 24.3 Å².